The Bertz CT molecular complexity index is 3270. The van der Waals surface area contributed by atoms with Crippen LogP contribution >= 0.6 is 0 Å². The summed E-state index contributed by atoms with van der Waals surface area (Å²) >= 11 is 0. The Morgan fingerprint density at radius 3 is 2.05 bits per heavy atom. The fourth-order valence-electron chi connectivity index (χ4n) is 10.6. The van der Waals surface area contributed by atoms with Crippen LogP contribution in [0.2, 0.25) is 0 Å². The second-order valence-corrected chi connectivity index (χ2v) is 17.2. The van der Waals surface area contributed by atoms with Gasteiger partial charge in [-0.25, -0.2) is 0 Å². The molecule has 61 heavy (non-hydrogen) atoms. The molecule has 0 bridgehead atoms. The summed E-state index contributed by atoms with van der Waals surface area (Å²) in [4.78, 5) is 0. The Kier molecular flexibility index (Phi) is 8.93. The normalized spacial score (nSPS) is 15.8. The molecule has 296 valence electrons. The number of aromatic nitrogens is 2. The van der Waals surface area contributed by atoms with Crippen molar-refractivity contribution in [2.75, 3.05) is 0 Å². The van der Waals surface area contributed by atoms with E-state index < -0.39 is 0 Å². The third-order valence-electron chi connectivity index (χ3n) is 13.5. The van der Waals surface area contributed by atoms with E-state index in [-0.39, 0.29) is 5.41 Å². The van der Waals surface area contributed by atoms with Crippen LogP contribution in [0, 0.1) is 0 Å². The topological polar surface area (TPSA) is 9.86 Å². The number of hydrogen-bond acceptors (Lipinski definition) is 0. The van der Waals surface area contributed by atoms with Gasteiger partial charge in [-0.2, -0.15) is 0 Å². The van der Waals surface area contributed by atoms with Crippen molar-refractivity contribution in [1.29, 1.82) is 0 Å². The van der Waals surface area contributed by atoms with Gasteiger partial charge in [0.1, 0.15) is 0 Å². The summed E-state index contributed by atoms with van der Waals surface area (Å²) in [5.74, 6) is 0.360. The van der Waals surface area contributed by atoms with Crippen molar-refractivity contribution in [2.24, 2.45) is 0 Å². The molecule has 0 aliphatic heterocycles. The minimum atomic E-state index is -0.0584. The van der Waals surface area contributed by atoms with E-state index in [0.29, 0.717) is 5.92 Å². The Labute approximate surface area is 359 Å². The van der Waals surface area contributed by atoms with Gasteiger partial charge in [0, 0.05) is 50.1 Å². The highest BCUT2D eigenvalue weighted by atomic mass is 15.0. The fourth-order valence-corrected chi connectivity index (χ4v) is 10.6. The lowest BCUT2D eigenvalue weighted by Gasteiger charge is -2.22. The van der Waals surface area contributed by atoms with Gasteiger partial charge in [-0.3, -0.25) is 0 Å². The fraction of sp³-hybridized carbons (Fsp3) is 0.153. The average Bonchev–Trinajstić information content (AvgIpc) is 3.92. The number of allylic oxidation sites excluding steroid dienone is 5. The van der Waals surface area contributed by atoms with Crippen LogP contribution in [0.15, 0.2) is 182 Å². The minimum Gasteiger partial charge on any atom is -0.313 e. The quantitative estimate of drug-likeness (QED) is 0.164. The van der Waals surface area contributed by atoms with Crippen LogP contribution in [-0.4, -0.2) is 9.13 Å². The van der Waals surface area contributed by atoms with E-state index in [1.807, 2.05) is 13.8 Å². The van der Waals surface area contributed by atoms with Crippen LogP contribution in [0.3, 0.4) is 0 Å². The maximum Gasteiger partial charge on any atom is 0.0541 e. The van der Waals surface area contributed by atoms with E-state index in [4.69, 9.17) is 0 Å². The lowest BCUT2D eigenvalue weighted by molar-refractivity contribution is 0.660. The Hall–Kier alpha value is -6.90. The Morgan fingerprint density at radius 2 is 1.23 bits per heavy atom. The van der Waals surface area contributed by atoms with Gasteiger partial charge in [-0.05, 0) is 124 Å². The van der Waals surface area contributed by atoms with Gasteiger partial charge in [0.05, 0.1) is 16.6 Å². The van der Waals surface area contributed by atoms with E-state index in [1.54, 1.807) is 0 Å². The van der Waals surface area contributed by atoms with Gasteiger partial charge < -0.3 is 9.13 Å². The molecule has 1 unspecified atom stereocenters. The van der Waals surface area contributed by atoms with Crippen molar-refractivity contribution >= 4 is 38.8 Å². The van der Waals surface area contributed by atoms with Gasteiger partial charge >= 0.3 is 0 Å². The molecule has 0 saturated carbocycles. The number of nitrogens with zero attached hydrogens (tertiary/aromatic N) is 2. The minimum absolute atomic E-state index is 0.0584. The van der Waals surface area contributed by atoms with Gasteiger partial charge in [0.2, 0.25) is 0 Å². The van der Waals surface area contributed by atoms with Crippen molar-refractivity contribution in [1.82, 2.24) is 9.13 Å². The predicted octanol–water partition coefficient (Wildman–Crippen LogP) is 16.0. The maximum absolute atomic E-state index is 2.56. The average molecular weight is 787 g/mol. The highest BCUT2D eigenvalue weighted by Crippen LogP contribution is 2.50. The zero-order chi connectivity index (χ0) is 41.2. The first-order valence-electron chi connectivity index (χ1n) is 22.2. The standard InChI is InChI=1S/C57H44N2.C2H6/c1-57(2)51-22-12-9-19-45(51)46-28-27-43(36-52(46)57)58-53-23-13-10-20-47(53)49-34-39(25-29-55(49)58)40-26-30-56-50(35-40)48-21-11-14-24-54(48)59(56)44-32-41(37-15-5-3-6-16-37)31-42(33-44)38-17-7-4-8-18-38;1-2/h3-13,15-17,19-23,25-36,38H,14,18,24H2,1-2H3;1-2H3. The van der Waals surface area contributed by atoms with Crippen molar-refractivity contribution in [2.45, 2.75) is 58.3 Å². The van der Waals surface area contributed by atoms with Crippen molar-refractivity contribution in [3.63, 3.8) is 0 Å². The third kappa shape index (κ3) is 5.92. The molecular formula is C59H50N2. The lowest BCUT2D eigenvalue weighted by atomic mass is 9.82. The molecule has 2 aromatic heterocycles. The SMILES string of the molecule is CC.CC1(C)c2ccccc2-c2ccc(-n3c4ccccc4c4cc(-c5ccc6c(c5)c5c(n6-c6cc(-c7ccccc7)cc(C7C=CC=CC7)c6)CCC=C5)ccc43)cc21. The molecule has 0 amide bonds. The van der Waals surface area contributed by atoms with Gasteiger partial charge in [-0.1, -0.05) is 161 Å². The van der Waals surface area contributed by atoms with Crippen LogP contribution in [0.1, 0.15) is 74.4 Å². The van der Waals surface area contributed by atoms with Crippen LogP contribution in [0.4, 0.5) is 0 Å². The summed E-state index contributed by atoms with van der Waals surface area (Å²) < 4.78 is 5.03. The number of fused-ring (bicyclic) bond motifs is 9. The van der Waals surface area contributed by atoms with Crippen molar-refractivity contribution < 1.29 is 0 Å². The Morgan fingerprint density at radius 1 is 0.508 bits per heavy atom. The monoisotopic (exact) mass is 786 g/mol. The first-order valence-corrected chi connectivity index (χ1v) is 22.2. The summed E-state index contributed by atoms with van der Waals surface area (Å²) in [6.07, 6.45) is 16.8. The molecule has 0 N–H and O–H groups in total. The number of benzene rings is 7. The van der Waals surface area contributed by atoms with Crippen molar-refractivity contribution in [3.8, 4) is 44.8 Å². The molecule has 0 spiro atoms. The van der Waals surface area contributed by atoms with Crippen LogP contribution in [-0.2, 0) is 11.8 Å². The van der Waals surface area contributed by atoms with E-state index in [9.17, 15) is 0 Å². The van der Waals surface area contributed by atoms with Gasteiger partial charge in [0.25, 0.3) is 0 Å². The molecule has 0 radical (unpaired) electrons. The first kappa shape index (κ1) is 37.1. The van der Waals surface area contributed by atoms with E-state index in [0.717, 1.165) is 19.3 Å². The molecular weight excluding hydrogens is 737 g/mol. The second-order valence-electron chi connectivity index (χ2n) is 17.2. The molecule has 0 fully saturated rings. The lowest BCUT2D eigenvalue weighted by Crippen LogP contribution is -2.15. The van der Waals surface area contributed by atoms with Gasteiger partial charge in [-0.15, -0.1) is 0 Å². The molecule has 1 atom stereocenters. The van der Waals surface area contributed by atoms with Crippen molar-refractivity contribution in [3.05, 3.63) is 210 Å². The highest BCUT2D eigenvalue weighted by molar-refractivity contribution is 6.11. The Balaban J connectivity index is 0.00000207. The number of rotatable bonds is 5. The molecule has 7 aromatic carbocycles. The second kappa shape index (κ2) is 14.7. The van der Waals surface area contributed by atoms with Crippen LogP contribution in [0.25, 0.3) is 83.5 Å². The van der Waals surface area contributed by atoms with E-state index in [1.165, 1.54) is 105 Å². The van der Waals surface area contributed by atoms with Crippen LogP contribution in [0.5, 0.6) is 0 Å². The molecule has 9 aromatic rings. The first-order chi connectivity index (χ1) is 30.0. The van der Waals surface area contributed by atoms with E-state index >= 15 is 0 Å². The van der Waals surface area contributed by atoms with Gasteiger partial charge in [0.15, 0.2) is 0 Å². The smallest absolute Gasteiger partial charge is 0.0541 e. The highest BCUT2D eigenvalue weighted by Gasteiger charge is 2.35. The molecule has 2 nitrogen and oxygen atoms in total. The number of para-hydroxylation sites is 1. The third-order valence-corrected chi connectivity index (χ3v) is 13.5. The maximum atomic E-state index is 2.56. The number of hydrogen-bond donors (Lipinski definition) is 0. The molecule has 2 heteroatoms. The summed E-state index contributed by atoms with van der Waals surface area (Å²) in [6, 6.07) is 57.2. The molecule has 0 saturated heterocycles. The summed E-state index contributed by atoms with van der Waals surface area (Å²) in [5.41, 5.74) is 20.7. The summed E-state index contributed by atoms with van der Waals surface area (Å²) in [7, 11) is 0. The van der Waals surface area contributed by atoms with E-state index in [2.05, 4.69) is 211 Å². The summed E-state index contributed by atoms with van der Waals surface area (Å²) in [5, 5.41) is 3.86. The largest absolute Gasteiger partial charge is 0.313 e. The zero-order valence-corrected chi connectivity index (χ0v) is 35.5. The molecule has 12 rings (SSSR count). The zero-order valence-electron chi connectivity index (χ0n) is 35.5. The van der Waals surface area contributed by atoms with Crippen LogP contribution < -0.4 is 0 Å². The molecule has 2 heterocycles. The molecule has 3 aliphatic rings. The summed E-state index contributed by atoms with van der Waals surface area (Å²) in [6.45, 7) is 8.73. The molecule has 3 aliphatic carbocycles. The predicted molar refractivity (Wildman–Crippen MR) is 260 cm³/mol.